The van der Waals surface area contributed by atoms with Gasteiger partial charge in [0.25, 0.3) is 5.91 Å². The number of halogens is 1. The molecule has 1 rings (SSSR count). The van der Waals surface area contributed by atoms with Crippen LogP contribution in [0, 0.1) is 5.41 Å². The number of rotatable bonds is 7. The van der Waals surface area contributed by atoms with Crippen molar-refractivity contribution >= 4 is 41.8 Å². The van der Waals surface area contributed by atoms with Gasteiger partial charge in [-0.25, -0.2) is 0 Å². The summed E-state index contributed by atoms with van der Waals surface area (Å²) >= 11 is 0. The molecule has 0 aliphatic heterocycles. The fraction of sp³-hybridized carbons (Fsp3) is 0.500. The van der Waals surface area contributed by atoms with Crippen molar-refractivity contribution in [1.29, 1.82) is 0 Å². The highest BCUT2D eigenvalue weighted by Gasteiger charge is 2.26. The molecule has 0 aliphatic rings. The number of nitrogens with one attached hydrogen (secondary N) is 4. The molecule has 0 bridgehead atoms. The molecule has 0 saturated heterocycles. The van der Waals surface area contributed by atoms with Crippen LogP contribution in [0.15, 0.2) is 29.3 Å². The summed E-state index contributed by atoms with van der Waals surface area (Å²) < 4.78 is 0. The van der Waals surface area contributed by atoms with Crippen molar-refractivity contribution in [3.63, 3.8) is 0 Å². The van der Waals surface area contributed by atoms with Gasteiger partial charge in [-0.2, -0.15) is 0 Å². The highest BCUT2D eigenvalue weighted by Crippen LogP contribution is 2.12. The van der Waals surface area contributed by atoms with Gasteiger partial charge in [-0.3, -0.25) is 14.6 Å². The first-order chi connectivity index (χ1) is 11.8. The van der Waals surface area contributed by atoms with Crippen LogP contribution in [0.25, 0.3) is 0 Å². The second kappa shape index (κ2) is 11.7. The van der Waals surface area contributed by atoms with E-state index in [4.69, 9.17) is 0 Å². The molecule has 0 radical (unpaired) electrons. The third kappa shape index (κ3) is 7.59. The summed E-state index contributed by atoms with van der Waals surface area (Å²) in [5.41, 5.74) is 1.18. The van der Waals surface area contributed by atoms with Crippen LogP contribution in [0.4, 0.5) is 0 Å². The molecule has 1 aromatic rings. The average molecular weight is 475 g/mol. The Labute approximate surface area is 172 Å². The lowest BCUT2D eigenvalue weighted by Crippen LogP contribution is -2.47. The predicted octanol–water partition coefficient (Wildman–Crippen LogP) is 1.14. The van der Waals surface area contributed by atoms with Crippen LogP contribution < -0.4 is 21.3 Å². The normalized spacial score (nSPS) is 11.2. The van der Waals surface area contributed by atoms with Crippen LogP contribution in [0.3, 0.4) is 0 Å². The SMILES string of the molecule is CN=C(NCCc1cccc(C(=O)NC)c1)NCC(C)(C)C(=O)NC.I. The fourth-order valence-electron chi connectivity index (χ4n) is 2.28. The summed E-state index contributed by atoms with van der Waals surface area (Å²) in [6.45, 7) is 4.88. The van der Waals surface area contributed by atoms with Crippen molar-refractivity contribution < 1.29 is 9.59 Å². The zero-order valence-corrected chi connectivity index (χ0v) is 18.4. The molecule has 0 spiro atoms. The molecule has 0 fully saturated rings. The zero-order valence-electron chi connectivity index (χ0n) is 16.1. The fourth-order valence-corrected chi connectivity index (χ4v) is 2.28. The number of benzene rings is 1. The van der Waals surface area contributed by atoms with E-state index < -0.39 is 5.41 Å². The third-order valence-electron chi connectivity index (χ3n) is 3.89. The average Bonchev–Trinajstić information content (AvgIpc) is 2.63. The molecule has 7 nitrogen and oxygen atoms in total. The first-order valence-electron chi connectivity index (χ1n) is 8.31. The Morgan fingerprint density at radius 3 is 2.38 bits per heavy atom. The molecule has 4 N–H and O–H groups in total. The van der Waals surface area contributed by atoms with E-state index in [1.54, 1.807) is 27.2 Å². The maximum absolute atomic E-state index is 11.8. The van der Waals surface area contributed by atoms with E-state index in [0.29, 0.717) is 24.6 Å². The van der Waals surface area contributed by atoms with Crippen molar-refractivity contribution in [2.75, 3.05) is 34.2 Å². The molecule has 0 heterocycles. The van der Waals surface area contributed by atoms with Crippen LogP contribution in [-0.2, 0) is 11.2 Å². The van der Waals surface area contributed by atoms with Gasteiger partial charge in [-0.1, -0.05) is 12.1 Å². The summed E-state index contributed by atoms with van der Waals surface area (Å²) in [7, 11) is 4.94. The van der Waals surface area contributed by atoms with Crippen molar-refractivity contribution in [1.82, 2.24) is 21.3 Å². The van der Waals surface area contributed by atoms with Crippen LogP contribution in [0.1, 0.15) is 29.8 Å². The molecule has 0 saturated carbocycles. The van der Waals surface area contributed by atoms with E-state index in [9.17, 15) is 9.59 Å². The molecule has 8 heteroatoms. The smallest absolute Gasteiger partial charge is 0.251 e. The topological polar surface area (TPSA) is 94.6 Å². The lowest BCUT2D eigenvalue weighted by atomic mass is 9.92. The van der Waals surface area contributed by atoms with Crippen LogP contribution in [0.2, 0.25) is 0 Å². The molecular weight excluding hydrogens is 445 g/mol. The number of amides is 2. The van der Waals surface area contributed by atoms with Crippen molar-refractivity contribution in [2.45, 2.75) is 20.3 Å². The molecule has 0 aliphatic carbocycles. The Kier molecular flexibility index (Phi) is 10.9. The number of carbonyl (C=O) groups is 2. The minimum atomic E-state index is -0.534. The molecular formula is C18H30IN5O2. The van der Waals surface area contributed by atoms with Gasteiger partial charge in [0.15, 0.2) is 5.96 Å². The van der Waals surface area contributed by atoms with E-state index >= 15 is 0 Å². The van der Waals surface area contributed by atoms with Gasteiger partial charge in [-0.05, 0) is 38.0 Å². The lowest BCUT2D eigenvalue weighted by molar-refractivity contribution is -0.128. The molecule has 1 aromatic carbocycles. The lowest BCUT2D eigenvalue weighted by Gasteiger charge is -2.24. The maximum Gasteiger partial charge on any atom is 0.251 e. The minimum Gasteiger partial charge on any atom is -0.359 e. The zero-order chi connectivity index (χ0) is 18.9. The predicted molar refractivity (Wildman–Crippen MR) is 116 cm³/mol. The van der Waals surface area contributed by atoms with Crippen LogP contribution in [-0.4, -0.2) is 52.0 Å². The van der Waals surface area contributed by atoms with Gasteiger partial charge in [0.1, 0.15) is 0 Å². The van der Waals surface area contributed by atoms with Gasteiger partial charge in [0, 0.05) is 39.8 Å². The van der Waals surface area contributed by atoms with Gasteiger partial charge >= 0.3 is 0 Å². The minimum absolute atomic E-state index is 0. The van der Waals surface area contributed by atoms with Gasteiger partial charge in [0.2, 0.25) is 5.91 Å². The van der Waals surface area contributed by atoms with Gasteiger partial charge in [0.05, 0.1) is 5.41 Å². The van der Waals surface area contributed by atoms with E-state index in [1.807, 2.05) is 32.0 Å². The van der Waals surface area contributed by atoms with E-state index in [1.165, 1.54) is 0 Å². The Hall–Kier alpha value is -1.84. The summed E-state index contributed by atoms with van der Waals surface area (Å²) in [6, 6.07) is 7.53. The van der Waals surface area contributed by atoms with Crippen molar-refractivity contribution in [3.05, 3.63) is 35.4 Å². The second-order valence-electron chi connectivity index (χ2n) is 6.35. The Balaban J connectivity index is 0.00000625. The second-order valence-corrected chi connectivity index (χ2v) is 6.35. The summed E-state index contributed by atoms with van der Waals surface area (Å²) in [5, 5.41) is 11.7. The standard InChI is InChI=1S/C18H29N5O2.HI/c1-18(2,16(25)20-4)12-23-17(21-5)22-10-9-13-7-6-8-14(11-13)15(24)19-3;/h6-8,11H,9-10,12H2,1-5H3,(H,19,24)(H,20,25)(H2,21,22,23);1H. The van der Waals surface area contributed by atoms with E-state index in [2.05, 4.69) is 26.3 Å². The molecule has 0 atom stereocenters. The van der Waals surface area contributed by atoms with Gasteiger partial charge < -0.3 is 21.3 Å². The van der Waals surface area contributed by atoms with Gasteiger partial charge in [-0.15, -0.1) is 24.0 Å². The third-order valence-corrected chi connectivity index (χ3v) is 3.89. The highest BCUT2D eigenvalue weighted by atomic mass is 127. The van der Waals surface area contributed by atoms with Crippen molar-refractivity contribution in [3.8, 4) is 0 Å². The summed E-state index contributed by atoms with van der Waals surface area (Å²) in [5.74, 6) is 0.518. The highest BCUT2D eigenvalue weighted by molar-refractivity contribution is 14.0. The Morgan fingerprint density at radius 1 is 1.12 bits per heavy atom. The van der Waals surface area contributed by atoms with E-state index in [0.717, 1.165) is 12.0 Å². The number of hydrogen-bond acceptors (Lipinski definition) is 3. The largest absolute Gasteiger partial charge is 0.359 e. The number of hydrogen-bond donors (Lipinski definition) is 4. The Bertz CT molecular complexity index is 632. The Morgan fingerprint density at radius 2 is 1.81 bits per heavy atom. The number of guanidine groups is 1. The quantitative estimate of drug-likeness (QED) is 0.270. The van der Waals surface area contributed by atoms with Crippen LogP contribution in [0.5, 0.6) is 0 Å². The first kappa shape index (κ1) is 24.2. The number of carbonyl (C=O) groups excluding carboxylic acids is 2. The maximum atomic E-state index is 11.8. The molecule has 146 valence electrons. The monoisotopic (exact) mass is 475 g/mol. The molecule has 2 amide bonds. The molecule has 0 unspecified atom stereocenters. The van der Waals surface area contributed by atoms with Crippen molar-refractivity contribution in [2.24, 2.45) is 10.4 Å². The summed E-state index contributed by atoms with van der Waals surface area (Å²) in [4.78, 5) is 27.6. The molecule has 0 aromatic heterocycles. The molecule has 26 heavy (non-hydrogen) atoms. The summed E-state index contributed by atoms with van der Waals surface area (Å²) in [6.07, 6.45) is 0.754. The first-order valence-corrected chi connectivity index (χ1v) is 8.31. The van der Waals surface area contributed by atoms with E-state index in [-0.39, 0.29) is 35.8 Å². The number of nitrogens with zero attached hydrogens (tertiary/aromatic N) is 1. The number of aliphatic imine (C=N–C) groups is 1. The van der Waals surface area contributed by atoms with Crippen LogP contribution >= 0.6 is 24.0 Å².